The minimum Gasteiger partial charge on any atom is -0.345 e. The molecule has 3 nitrogen and oxygen atoms in total. The molecule has 0 heterocycles. The van der Waals surface area contributed by atoms with Crippen molar-refractivity contribution in [2.75, 3.05) is 27.2 Å². The first-order valence-corrected chi connectivity index (χ1v) is 5.53. The molecule has 0 aliphatic heterocycles. The molecule has 1 N–H and O–H groups in total. The van der Waals surface area contributed by atoms with Crippen molar-refractivity contribution in [3.8, 4) is 0 Å². The van der Waals surface area contributed by atoms with Gasteiger partial charge < -0.3 is 10.2 Å². The third kappa shape index (κ3) is 3.66. The monoisotopic (exact) mass is 198 g/mol. The molecule has 0 radical (unpaired) electrons. The predicted molar refractivity (Wildman–Crippen MR) is 58.1 cm³/mol. The molecule has 1 aliphatic rings. The largest absolute Gasteiger partial charge is 0.345 e. The minimum absolute atomic E-state index is 0.291. The van der Waals surface area contributed by atoms with Gasteiger partial charge in [-0.3, -0.25) is 4.79 Å². The molecule has 1 amide bonds. The first kappa shape index (κ1) is 11.5. The maximum absolute atomic E-state index is 11.6. The first-order chi connectivity index (χ1) is 6.65. The third-order valence-corrected chi connectivity index (χ3v) is 3.03. The van der Waals surface area contributed by atoms with Crippen molar-refractivity contribution in [2.45, 2.75) is 26.2 Å². The van der Waals surface area contributed by atoms with E-state index in [9.17, 15) is 4.79 Å². The van der Waals surface area contributed by atoms with Crippen LogP contribution in [-0.2, 0) is 4.79 Å². The summed E-state index contributed by atoms with van der Waals surface area (Å²) < 4.78 is 0. The van der Waals surface area contributed by atoms with E-state index < -0.39 is 0 Å². The van der Waals surface area contributed by atoms with Crippen molar-refractivity contribution in [1.29, 1.82) is 0 Å². The van der Waals surface area contributed by atoms with E-state index in [-0.39, 0.29) is 0 Å². The molecule has 1 saturated carbocycles. The summed E-state index contributed by atoms with van der Waals surface area (Å²) in [6.45, 7) is 4.14. The average Bonchev–Trinajstić information content (AvgIpc) is 2.82. The quantitative estimate of drug-likeness (QED) is 0.648. The van der Waals surface area contributed by atoms with E-state index in [0.717, 1.165) is 31.3 Å². The van der Waals surface area contributed by atoms with Gasteiger partial charge in [-0.25, -0.2) is 0 Å². The van der Waals surface area contributed by atoms with Gasteiger partial charge in [-0.15, -0.1) is 0 Å². The number of carbonyl (C=O) groups is 1. The molecule has 14 heavy (non-hydrogen) atoms. The summed E-state index contributed by atoms with van der Waals surface area (Å²) in [5.41, 5.74) is 0. The van der Waals surface area contributed by atoms with Gasteiger partial charge in [0.1, 0.15) is 0 Å². The van der Waals surface area contributed by atoms with Crippen molar-refractivity contribution in [2.24, 2.45) is 11.8 Å². The first-order valence-electron chi connectivity index (χ1n) is 5.53. The van der Waals surface area contributed by atoms with E-state index in [1.54, 1.807) is 0 Å². The molecule has 0 aromatic rings. The molecule has 1 aliphatic carbocycles. The van der Waals surface area contributed by atoms with E-state index >= 15 is 0 Å². The summed E-state index contributed by atoms with van der Waals surface area (Å²) >= 11 is 0. The van der Waals surface area contributed by atoms with Crippen molar-refractivity contribution >= 4 is 5.91 Å². The fraction of sp³-hybridized carbons (Fsp3) is 0.909. The van der Waals surface area contributed by atoms with Gasteiger partial charge in [0.15, 0.2) is 0 Å². The van der Waals surface area contributed by atoms with Crippen LogP contribution in [0.5, 0.6) is 0 Å². The molecule has 0 aromatic heterocycles. The Balaban J connectivity index is 2.09. The summed E-state index contributed by atoms with van der Waals surface area (Å²) in [6, 6.07) is 0. The third-order valence-electron chi connectivity index (χ3n) is 3.03. The number of carbonyl (C=O) groups excluding carboxylic acids is 1. The van der Waals surface area contributed by atoms with Crippen LogP contribution in [0, 0.1) is 11.8 Å². The highest BCUT2D eigenvalue weighted by molar-refractivity contribution is 5.75. The van der Waals surface area contributed by atoms with E-state index in [1.807, 2.05) is 19.0 Å². The number of nitrogens with one attached hydrogen (secondary N) is 1. The average molecular weight is 198 g/mol. The van der Waals surface area contributed by atoms with Gasteiger partial charge in [0.05, 0.1) is 0 Å². The van der Waals surface area contributed by atoms with Gasteiger partial charge >= 0.3 is 0 Å². The Morgan fingerprint density at radius 2 is 2.21 bits per heavy atom. The summed E-state index contributed by atoms with van der Waals surface area (Å²) in [7, 11) is 3.84. The van der Waals surface area contributed by atoms with Gasteiger partial charge in [0, 0.05) is 20.0 Å². The molecular formula is C11H22N2O. The Kier molecular flexibility index (Phi) is 4.39. The Hall–Kier alpha value is -0.570. The molecule has 0 bridgehead atoms. The normalized spacial score (nSPS) is 24.8. The Morgan fingerprint density at radius 1 is 1.57 bits per heavy atom. The summed E-state index contributed by atoms with van der Waals surface area (Å²) in [4.78, 5) is 13.5. The smallest absolute Gasteiger partial charge is 0.222 e. The topological polar surface area (TPSA) is 32.3 Å². The summed E-state index contributed by atoms with van der Waals surface area (Å²) in [5.74, 6) is 1.90. The van der Waals surface area contributed by atoms with Crippen molar-refractivity contribution in [3.63, 3.8) is 0 Å². The number of amides is 1. The second-order valence-electron chi connectivity index (χ2n) is 4.45. The Bertz CT molecular complexity index is 194. The second-order valence-corrected chi connectivity index (χ2v) is 4.45. The zero-order chi connectivity index (χ0) is 10.6. The van der Waals surface area contributed by atoms with Crippen LogP contribution in [0.25, 0.3) is 0 Å². The summed E-state index contributed by atoms with van der Waals surface area (Å²) in [6.07, 6.45) is 2.92. The molecule has 82 valence electrons. The van der Waals surface area contributed by atoms with Gasteiger partial charge in [-0.05, 0) is 38.3 Å². The number of hydrogen-bond acceptors (Lipinski definition) is 2. The molecule has 1 fully saturated rings. The van der Waals surface area contributed by atoms with E-state index in [2.05, 4.69) is 12.2 Å². The van der Waals surface area contributed by atoms with Gasteiger partial charge in [-0.2, -0.15) is 0 Å². The van der Waals surface area contributed by atoms with Crippen LogP contribution in [0.2, 0.25) is 0 Å². The maximum atomic E-state index is 11.6. The van der Waals surface area contributed by atoms with E-state index in [1.165, 1.54) is 6.42 Å². The molecule has 2 atom stereocenters. The summed E-state index contributed by atoms with van der Waals surface area (Å²) in [5, 5.41) is 3.05. The molecule has 1 rings (SSSR count). The number of rotatable bonds is 6. The van der Waals surface area contributed by atoms with Gasteiger partial charge in [-0.1, -0.05) is 6.92 Å². The lowest BCUT2D eigenvalue weighted by Gasteiger charge is -2.16. The molecule has 3 heteroatoms. The molecule has 2 unspecified atom stereocenters. The number of nitrogens with zero attached hydrogens (tertiary/aromatic N) is 1. The zero-order valence-electron chi connectivity index (χ0n) is 9.55. The van der Waals surface area contributed by atoms with Crippen molar-refractivity contribution < 1.29 is 4.79 Å². The van der Waals surface area contributed by atoms with Crippen molar-refractivity contribution in [1.82, 2.24) is 10.2 Å². The van der Waals surface area contributed by atoms with Crippen LogP contribution in [-0.4, -0.2) is 38.0 Å². The highest BCUT2D eigenvalue weighted by Gasteiger charge is 2.33. The van der Waals surface area contributed by atoms with Crippen molar-refractivity contribution in [3.05, 3.63) is 0 Å². The van der Waals surface area contributed by atoms with Crippen LogP contribution in [0.4, 0.5) is 0 Å². The standard InChI is InChI=1S/C11H22N2O/c1-9-7-10(9)8-13(3)11(14)5-4-6-12-2/h9-10,12H,4-8H2,1-3H3. The molecule has 0 saturated heterocycles. The van der Waals surface area contributed by atoms with Gasteiger partial charge in [0.2, 0.25) is 5.91 Å². The SMILES string of the molecule is CNCCCC(=O)N(C)CC1CC1C. The fourth-order valence-corrected chi connectivity index (χ4v) is 1.71. The lowest BCUT2D eigenvalue weighted by atomic mass is 10.2. The second kappa shape index (κ2) is 5.35. The van der Waals surface area contributed by atoms with E-state index in [0.29, 0.717) is 12.3 Å². The lowest BCUT2D eigenvalue weighted by molar-refractivity contribution is -0.130. The molecule has 0 spiro atoms. The predicted octanol–water partition coefficient (Wildman–Crippen LogP) is 1.10. The molecular weight excluding hydrogens is 176 g/mol. The Labute approximate surface area is 86.9 Å². The fourth-order valence-electron chi connectivity index (χ4n) is 1.71. The lowest BCUT2D eigenvalue weighted by Crippen LogP contribution is -2.29. The van der Waals surface area contributed by atoms with Crippen LogP contribution in [0.1, 0.15) is 26.2 Å². The maximum Gasteiger partial charge on any atom is 0.222 e. The highest BCUT2D eigenvalue weighted by atomic mass is 16.2. The van der Waals surface area contributed by atoms with Crippen LogP contribution >= 0.6 is 0 Å². The van der Waals surface area contributed by atoms with Gasteiger partial charge in [0.25, 0.3) is 0 Å². The zero-order valence-corrected chi connectivity index (χ0v) is 9.55. The Morgan fingerprint density at radius 3 is 2.71 bits per heavy atom. The van der Waals surface area contributed by atoms with Crippen LogP contribution in [0.15, 0.2) is 0 Å². The van der Waals surface area contributed by atoms with E-state index in [4.69, 9.17) is 0 Å². The highest BCUT2D eigenvalue weighted by Crippen LogP contribution is 2.37. The minimum atomic E-state index is 0.291. The van der Waals surface area contributed by atoms with Crippen LogP contribution in [0.3, 0.4) is 0 Å². The van der Waals surface area contributed by atoms with Crippen LogP contribution < -0.4 is 5.32 Å². The number of hydrogen-bond donors (Lipinski definition) is 1. The molecule has 0 aromatic carbocycles.